The molecule has 1 aliphatic carbocycles. The van der Waals surface area contributed by atoms with Crippen LogP contribution in [-0.4, -0.2) is 81.2 Å². The number of nitrogens with zero attached hydrogens (tertiary/aromatic N) is 5. The molecule has 1 saturated carbocycles. The number of aromatic nitrogens is 3. The summed E-state index contributed by atoms with van der Waals surface area (Å²) in [7, 11) is 1.60. The Bertz CT molecular complexity index is 2020. The Hall–Kier alpha value is -4.70. The number of imidazole rings is 1. The zero-order valence-electron chi connectivity index (χ0n) is 27.4. The Balaban J connectivity index is 1.23. The Labute approximate surface area is 279 Å². The number of fused-ring (bicyclic) bond motifs is 2. The minimum absolute atomic E-state index is 0.0183. The number of likely N-dealkylation sites (tertiary alicyclic amines) is 2. The van der Waals surface area contributed by atoms with Gasteiger partial charge in [0.25, 0.3) is 11.8 Å². The van der Waals surface area contributed by atoms with E-state index in [1.807, 2.05) is 35.2 Å². The fourth-order valence-electron chi connectivity index (χ4n) is 7.70. The van der Waals surface area contributed by atoms with Crippen LogP contribution in [0.15, 0.2) is 72.8 Å². The van der Waals surface area contributed by atoms with Crippen LogP contribution >= 0.6 is 0 Å². The molecule has 3 aromatic carbocycles. The summed E-state index contributed by atoms with van der Waals surface area (Å²) < 4.78 is 25.0. The molecule has 2 amide bonds. The molecule has 0 spiro atoms. The molecule has 2 aromatic heterocycles. The predicted octanol–water partition coefficient (Wildman–Crippen LogP) is 5.75. The van der Waals surface area contributed by atoms with E-state index < -0.39 is 12.2 Å². The van der Waals surface area contributed by atoms with Crippen molar-refractivity contribution in [3.8, 4) is 17.3 Å². The van der Waals surface area contributed by atoms with Crippen LogP contribution in [0.25, 0.3) is 33.5 Å². The SMILES string of the molecule is COc1cc(C(=O)N2C[C@H](N)C[C@@H](F)C2)cc2nc(-c3cc4ccccc4n3CC3CC3)n(CC3(C)CN(C(=O)c4ccccc4)C3)c12. The van der Waals surface area contributed by atoms with Crippen molar-refractivity contribution in [1.82, 2.24) is 23.9 Å². The Morgan fingerprint density at radius 2 is 1.67 bits per heavy atom. The maximum absolute atomic E-state index is 14.5. The van der Waals surface area contributed by atoms with Crippen molar-refractivity contribution in [3.63, 3.8) is 0 Å². The summed E-state index contributed by atoms with van der Waals surface area (Å²) in [5.41, 5.74) is 10.5. The van der Waals surface area contributed by atoms with Gasteiger partial charge in [-0.25, -0.2) is 9.37 Å². The van der Waals surface area contributed by atoms with E-state index >= 15 is 0 Å². The third-order valence-corrected chi connectivity index (χ3v) is 10.2. The molecule has 0 bridgehead atoms. The molecule has 9 nitrogen and oxygen atoms in total. The summed E-state index contributed by atoms with van der Waals surface area (Å²) in [6, 6.07) is 23.2. The Kier molecular flexibility index (Phi) is 7.51. The average Bonchev–Trinajstić information content (AvgIpc) is 3.73. The highest BCUT2D eigenvalue weighted by Crippen LogP contribution is 2.41. The molecule has 3 fully saturated rings. The van der Waals surface area contributed by atoms with Gasteiger partial charge in [-0.3, -0.25) is 9.59 Å². The van der Waals surface area contributed by atoms with Crippen LogP contribution < -0.4 is 10.5 Å². The highest BCUT2D eigenvalue weighted by atomic mass is 19.1. The number of methoxy groups -OCH3 is 1. The molecule has 8 rings (SSSR count). The fraction of sp³-hybridized carbons (Fsp3) is 0.395. The number of nitrogens with two attached hydrogens (primary N) is 1. The lowest BCUT2D eigenvalue weighted by molar-refractivity contribution is 0.00729. The van der Waals surface area contributed by atoms with Crippen molar-refractivity contribution in [1.29, 1.82) is 0 Å². The molecule has 0 radical (unpaired) electrons. The molecule has 0 unspecified atom stereocenters. The van der Waals surface area contributed by atoms with E-state index in [1.54, 1.807) is 19.2 Å². The van der Waals surface area contributed by atoms with Crippen molar-refractivity contribution in [2.45, 2.75) is 51.5 Å². The van der Waals surface area contributed by atoms with E-state index in [-0.39, 0.29) is 30.2 Å². The first-order chi connectivity index (χ1) is 23.2. The summed E-state index contributed by atoms with van der Waals surface area (Å²) in [5.74, 6) is 1.70. The van der Waals surface area contributed by atoms with Crippen LogP contribution in [-0.2, 0) is 13.1 Å². The largest absolute Gasteiger partial charge is 0.494 e. The van der Waals surface area contributed by atoms with Gasteiger partial charge in [0.2, 0.25) is 0 Å². The topological polar surface area (TPSA) is 98.6 Å². The summed E-state index contributed by atoms with van der Waals surface area (Å²) in [6.45, 7) is 5.22. The van der Waals surface area contributed by atoms with Gasteiger partial charge in [-0.15, -0.1) is 0 Å². The highest BCUT2D eigenvalue weighted by molar-refractivity contribution is 6.00. The summed E-state index contributed by atoms with van der Waals surface area (Å²) in [6.07, 6.45) is 1.52. The molecule has 2 aliphatic heterocycles. The molecule has 5 aromatic rings. The first kappa shape index (κ1) is 30.6. The lowest BCUT2D eigenvalue weighted by Gasteiger charge is -2.48. The quantitative estimate of drug-likeness (QED) is 0.231. The molecule has 2 N–H and O–H groups in total. The van der Waals surface area contributed by atoms with Crippen LogP contribution in [0.3, 0.4) is 0 Å². The molecule has 4 heterocycles. The van der Waals surface area contributed by atoms with Crippen molar-refractivity contribution >= 4 is 33.8 Å². The number of carbonyl (C=O) groups is 2. The van der Waals surface area contributed by atoms with Gasteiger partial charge in [0.1, 0.15) is 17.4 Å². The maximum Gasteiger partial charge on any atom is 0.254 e. The monoisotopic (exact) mass is 648 g/mol. The molecule has 10 heteroatoms. The van der Waals surface area contributed by atoms with Crippen molar-refractivity contribution in [2.75, 3.05) is 33.3 Å². The molecule has 48 heavy (non-hydrogen) atoms. The number of para-hydroxylation sites is 1. The molecular weight excluding hydrogens is 607 g/mol. The van der Waals surface area contributed by atoms with Crippen molar-refractivity contribution < 1.29 is 18.7 Å². The van der Waals surface area contributed by atoms with E-state index in [4.69, 9.17) is 15.5 Å². The molecular formula is C38H41FN6O3. The van der Waals surface area contributed by atoms with Gasteiger partial charge in [0.15, 0.2) is 5.82 Å². The van der Waals surface area contributed by atoms with Gasteiger partial charge in [-0.1, -0.05) is 43.3 Å². The first-order valence-electron chi connectivity index (χ1n) is 16.9. The van der Waals surface area contributed by atoms with Gasteiger partial charge < -0.3 is 29.4 Å². The predicted molar refractivity (Wildman–Crippen MR) is 184 cm³/mol. The van der Waals surface area contributed by atoms with Gasteiger partial charge in [0.05, 0.1) is 24.9 Å². The Morgan fingerprint density at radius 1 is 0.938 bits per heavy atom. The van der Waals surface area contributed by atoms with Crippen molar-refractivity contribution in [3.05, 3.63) is 83.9 Å². The van der Waals surface area contributed by atoms with Crippen LogP contribution in [0.1, 0.15) is 46.9 Å². The highest BCUT2D eigenvalue weighted by Gasteiger charge is 2.43. The zero-order valence-corrected chi connectivity index (χ0v) is 27.4. The molecule has 248 valence electrons. The van der Waals surface area contributed by atoms with Gasteiger partial charge in [0, 0.05) is 66.2 Å². The number of amides is 2. The van der Waals surface area contributed by atoms with E-state index in [0.717, 1.165) is 34.5 Å². The van der Waals surface area contributed by atoms with E-state index in [2.05, 4.69) is 46.4 Å². The van der Waals surface area contributed by atoms with Crippen LogP contribution in [0, 0.1) is 11.3 Å². The molecule has 3 aliphatic rings. The number of rotatable bonds is 8. The van der Waals surface area contributed by atoms with Gasteiger partial charge in [-0.05, 0) is 61.6 Å². The molecule has 2 atom stereocenters. The number of benzene rings is 3. The maximum atomic E-state index is 14.5. The second-order valence-corrected chi connectivity index (χ2v) is 14.4. The second kappa shape index (κ2) is 11.8. The third kappa shape index (κ3) is 5.51. The van der Waals surface area contributed by atoms with Gasteiger partial charge >= 0.3 is 0 Å². The number of alkyl halides is 1. The standard InChI is InChI=1S/C38H41FN6O3/c1-38(21-43(22-38)36(46)25-8-4-3-5-9-25)23-45-34-30(14-27(16-33(34)48-2)37(47)42-19-28(39)17-29(40)20-42)41-35(45)32-15-26-10-6-7-11-31(26)44(32)18-24-12-13-24/h3-11,14-16,24,28-29H,12-13,17-23,40H2,1-2H3/t28-,29-/m1/s1. The summed E-state index contributed by atoms with van der Waals surface area (Å²) in [4.78, 5) is 35.6. The van der Waals surface area contributed by atoms with Gasteiger partial charge in [-0.2, -0.15) is 0 Å². The number of ether oxygens (including phenoxy) is 1. The first-order valence-corrected chi connectivity index (χ1v) is 16.9. The fourth-order valence-corrected chi connectivity index (χ4v) is 7.70. The van der Waals surface area contributed by atoms with Crippen LogP contribution in [0.4, 0.5) is 4.39 Å². The average molecular weight is 649 g/mol. The number of carbonyl (C=O) groups excluding carboxylic acids is 2. The van der Waals surface area contributed by atoms with Crippen LogP contribution in [0.5, 0.6) is 5.75 Å². The number of hydrogen-bond acceptors (Lipinski definition) is 5. The minimum Gasteiger partial charge on any atom is -0.494 e. The smallest absolute Gasteiger partial charge is 0.254 e. The number of hydrogen-bond donors (Lipinski definition) is 1. The summed E-state index contributed by atoms with van der Waals surface area (Å²) >= 11 is 0. The normalized spacial score (nSPS) is 20.7. The lowest BCUT2D eigenvalue weighted by atomic mass is 9.81. The molecule has 2 saturated heterocycles. The third-order valence-electron chi connectivity index (χ3n) is 10.2. The van der Waals surface area contributed by atoms with Crippen molar-refractivity contribution in [2.24, 2.45) is 17.1 Å². The summed E-state index contributed by atoms with van der Waals surface area (Å²) in [5, 5.41) is 1.14. The zero-order chi connectivity index (χ0) is 33.2. The van der Waals surface area contributed by atoms with Crippen LogP contribution in [0.2, 0.25) is 0 Å². The number of halogens is 1. The minimum atomic E-state index is -1.15. The van der Waals surface area contributed by atoms with E-state index in [1.165, 1.54) is 17.7 Å². The number of piperidine rings is 1. The van der Waals surface area contributed by atoms with E-state index in [9.17, 15) is 14.0 Å². The second-order valence-electron chi connectivity index (χ2n) is 14.4. The Morgan fingerprint density at radius 3 is 2.40 bits per heavy atom. The lowest BCUT2D eigenvalue weighted by Crippen LogP contribution is -2.58. The van der Waals surface area contributed by atoms with E-state index in [0.29, 0.717) is 54.5 Å².